The van der Waals surface area contributed by atoms with Gasteiger partial charge < -0.3 is 4.57 Å². The predicted molar refractivity (Wildman–Crippen MR) is 96.9 cm³/mol. The Bertz CT molecular complexity index is 1280. The number of hydrogen-bond donors (Lipinski definition) is 1. The molecule has 0 spiro atoms. The minimum absolute atomic E-state index is 0.0208. The van der Waals surface area contributed by atoms with Gasteiger partial charge in [0, 0.05) is 11.1 Å². The summed E-state index contributed by atoms with van der Waals surface area (Å²) in [5.74, 6) is 0. The Kier molecular flexibility index (Phi) is 3.45. The topological polar surface area (TPSA) is 76.4 Å². The first-order valence-corrected chi connectivity index (χ1v) is 9.02. The summed E-state index contributed by atoms with van der Waals surface area (Å²) in [5.41, 5.74) is 1.45. The van der Waals surface area contributed by atoms with Crippen LogP contribution in [0.15, 0.2) is 82.5 Å². The minimum Gasteiger partial charge on any atom is -0.309 e. The summed E-state index contributed by atoms with van der Waals surface area (Å²) < 4.78 is 35.0. The quantitative estimate of drug-likeness (QED) is 0.444. The van der Waals surface area contributed by atoms with Crippen LogP contribution in [0.4, 0.5) is 0 Å². The second-order valence-corrected chi connectivity index (χ2v) is 7.03. The van der Waals surface area contributed by atoms with Crippen molar-refractivity contribution in [2.45, 2.75) is 4.90 Å². The number of aromatic nitrogens is 1. The SMILES string of the molecule is O=c1c2ccccc2n(-c2ccccc2)c2cccc(S(=O)(=O)O)c12. The molecule has 4 rings (SSSR count). The maximum Gasteiger partial charge on any atom is 0.295 e. The van der Waals surface area contributed by atoms with Crippen molar-refractivity contribution in [3.63, 3.8) is 0 Å². The molecule has 1 N–H and O–H groups in total. The van der Waals surface area contributed by atoms with E-state index in [2.05, 4.69) is 0 Å². The van der Waals surface area contributed by atoms with E-state index in [1.54, 1.807) is 18.2 Å². The van der Waals surface area contributed by atoms with Crippen molar-refractivity contribution < 1.29 is 13.0 Å². The van der Waals surface area contributed by atoms with Crippen molar-refractivity contribution in [2.75, 3.05) is 0 Å². The fraction of sp³-hybridized carbons (Fsp3) is 0. The molecule has 0 bridgehead atoms. The van der Waals surface area contributed by atoms with Crippen molar-refractivity contribution in [2.24, 2.45) is 0 Å². The van der Waals surface area contributed by atoms with Crippen LogP contribution in [0.2, 0.25) is 0 Å². The zero-order valence-electron chi connectivity index (χ0n) is 13.0. The van der Waals surface area contributed by atoms with Crippen LogP contribution in [-0.4, -0.2) is 17.5 Å². The molecule has 0 aliphatic rings. The number of benzene rings is 3. The molecule has 0 unspecified atom stereocenters. The van der Waals surface area contributed by atoms with Gasteiger partial charge in [-0.15, -0.1) is 0 Å². The lowest BCUT2D eigenvalue weighted by Crippen LogP contribution is -2.14. The van der Waals surface area contributed by atoms with E-state index in [9.17, 15) is 17.8 Å². The summed E-state index contributed by atoms with van der Waals surface area (Å²) in [4.78, 5) is 12.6. The van der Waals surface area contributed by atoms with Gasteiger partial charge in [0.1, 0.15) is 4.90 Å². The van der Waals surface area contributed by atoms with Gasteiger partial charge in [0.25, 0.3) is 10.1 Å². The number of nitrogens with zero attached hydrogens (tertiary/aromatic N) is 1. The molecule has 0 aliphatic heterocycles. The maximum atomic E-state index is 13.0. The van der Waals surface area contributed by atoms with Crippen molar-refractivity contribution in [1.82, 2.24) is 4.57 Å². The number of hydrogen-bond acceptors (Lipinski definition) is 3. The van der Waals surface area contributed by atoms with E-state index in [-0.39, 0.29) is 10.3 Å². The van der Waals surface area contributed by atoms with Crippen LogP contribution in [0.5, 0.6) is 0 Å². The van der Waals surface area contributed by atoms with E-state index < -0.39 is 15.5 Å². The van der Waals surface area contributed by atoms with Crippen molar-refractivity contribution in [3.8, 4) is 5.69 Å². The second-order valence-electron chi connectivity index (χ2n) is 5.64. The first kappa shape index (κ1) is 15.6. The highest BCUT2D eigenvalue weighted by atomic mass is 32.2. The molecular formula is C19H13NO4S. The van der Waals surface area contributed by atoms with E-state index in [0.29, 0.717) is 16.4 Å². The molecule has 0 amide bonds. The number of rotatable bonds is 2. The standard InChI is InChI=1S/C19H13NO4S/c21-19-14-9-4-5-10-15(14)20(13-7-2-1-3-8-13)16-11-6-12-17(18(16)19)25(22,23)24/h1-12H,(H,22,23,24). The number of pyridine rings is 1. The Morgan fingerprint density at radius 2 is 1.40 bits per heavy atom. The molecule has 0 saturated carbocycles. The fourth-order valence-corrected chi connectivity index (χ4v) is 3.84. The normalized spacial score (nSPS) is 11.9. The van der Waals surface area contributed by atoms with Gasteiger partial charge in [-0.1, -0.05) is 36.4 Å². The molecule has 4 aromatic rings. The first-order valence-electron chi connectivity index (χ1n) is 7.58. The third kappa shape index (κ3) is 2.43. The molecule has 124 valence electrons. The van der Waals surface area contributed by atoms with Gasteiger partial charge in [0.2, 0.25) is 0 Å². The van der Waals surface area contributed by atoms with Gasteiger partial charge in [-0.2, -0.15) is 8.42 Å². The van der Waals surface area contributed by atoms with Gasteiger partial charge in [-0.05, 0) is 36.4 Å². The van der Waals surface area contributed by atoms with Crippen molar-refractivity contribution >= 4 is 31.9 Å². The van der Waals surface area contributed by atoms with Gasteiger partial charge >= 0.3 is 0 Å². The monoisotopic (exact) mass is 351 g/mol. The molecule has 0 aliphatic carbocycles. The predicted octanol–water partition coefficient (Wildman–Crippen LogP) is 3.39. The zero-order chi connectivity index (χ0) is 17.6. The molecule has 1 aromatic heterocycles. The third-order valence-corrected chi connectivity index (χ3v) is 5.05. The highest BCUT2D eigenvalue weighted by molar-refractivity contribution is 7.86. The van der Waals surface area contributed by atoms with Crippen LogP contribution in [0, 0.1) is 0 Å². The molecule has 0 fully saturated rings. The largest absolute Gasteiger partial charge is 0.309 e. The summed E-state index contributed by atoms with van der Waals surface area (Å²) in [6.45, 7) is 0. The third-order valence-electron chi connectivity index (χ3n) is 4.15. The summed E-state index contributed by atoms with van der Waals surface area (Å²) in [6, 6.07) is 20.8. The Labute approximate surface area is 143 Å². The Morgan fingerprint density at radius 3 is 2.12 bits per heavy atom. The molecule has 0 atom stereocenters. The Hall–Kier alpha value is -2.96. The molecular weight excluding hydrogens is 338 g/mol. The fourth-order valence-electron chi connectivity index (χ4n) is 3.13. The van der Waals surface area contributed by atoms with E-state index in [1.165, 1.54) is 12.1 Å². The van der Waals surface area contributed by atoms with Crippen molar-refractivity contribution in [1.29, 1.82) is 0 Å². The van der Waals surface area contributed by atoms with Crippen LogP contribution in [0.1, 0.15) is 0 Å². The number of para-hydroxylation sites is 2. The smallest absolute Gasteiger partial charge is 0.295 e. The molecule has 25 heavy (non-hydrogen) atoms. The van der Waals surface area contributed by atoms with Crippen LogP contribution >= 0.6 is 0 Å². The summed E-state index contributed by atoms with van der Waals surface area (Å²) >= 11 is 0. The minimum atomic E-state index is -4.53. The molecule has 6 heteroatoms. The number of fused-ring (bicyclic) bond motifs is 2. The average Bonchev–Trinajstić information content (AvgIpc) is 2.62. The van der Waals surface area contributed by atoms with Gasteiger partial charge in [-0.3, -0.25) is 9.35 Å². The zero-order valence-corrected chi connectivity index (χ0v) is 13.8. The highest BCUT2D eigenvalue weighted by Gasteiger charge is 2.20. The highest BCUT2D eigenvalue weighted by Crippen LogP contribution is 2.27. The van der Waals surface area contributed by atoms with Crippen LogP contribution < -0.4 is 5.43 Å². The van der Waals surface area contributed by atoms with E-state index in [4.69, 9.17) is 0 Å². The van der Waals surface area contributed by atoms with E-state index in [0.717, 1.165) is 5.69 Å². The lowest BCUT2D eigenvalue weighted by atomic mass is 10.1. The summed E-state index contributed by atoms with van der Waals surface area (Å²) in [7, 11) is -4.53. The average molecular weight is 351 g/mol. The Morgan fingerprint density at radius 1 is 0.760 bits per heavy atom. The van der Waals surface area contributed by atoms with Crippen molar-refractivity contribution in [3.05, 3.63) is 83.0 Å². The molecule has 5 nitrogen and oxygen atoms in total. The molecule has 3 aromatic carbocycles. The molecule has 0 saturated heterocycles. The molecule has 0 radical (unpaired) electrons. The molecule has 1 heterocycles. The van der Waals surface area contributed by atoms with E-state index >= 15 is 0 Å². The maximum absolute atomic E-state index is 13.0. The van der Waals surface area contributed by atoms with Crippen LogP contribution in [0.3, 0.4) is 0 Å². The van der Waals surface area contributed by atoms with Gasteiger partial charge in [-0.25, -0.2) is 0 Å². The van der Waals surface area contributed by atoms with E-state index in [1.807, 2.05) is 47.0 Å². The van der Waals surface area contributed by atoms with Crippen LogP contribution in [-0.2, 0) is 10.1 Å². The van der Waals surface area contributed by atoms with Gasteiger partial charge in [0.05, 0.1) is 16.4 Å². The second kappa shape index (κ2) is 5.54. The lowest BCUT2D eigenvalue weighted by molar-refractivity contribution is 0.484. The van der Waals surface area contributed by atoms with Gasteiger partial charge in [0.15, 0.2) is 5.43 Å². The summed E-state index contributed by atoms with van der Waals surface area (Å²) in [5, 5.41) is 0.363. The first-order chi connectivity index (χ1) is 12.0. The lowest BCUT2D eigenvalue weighted by Gasteiger charge is -2.16. The summed E-state index contributed by atoms with van der Waals surface area (Å²) in [6.07, 6.45) is 0. The Balaban J connectivity index is 2.35. The van der Waals surface area contributed by atoms with Crippen LogP contribution in [0.25, 0.3) is 27.5 Å².